The molecule has 0 aliphatic carbocycles. The van der Waals surface area contributed by atoms with Gasteiger partial charge in [-0.1, -0.05) is 18.2 Å². The van der Waals surface area contributed by atoms with Crippen molar-refractivity contribution >= 4 is 12.2 Å². The molecule has 3 aromatic rings. The highest BCUT2D eigenvalue weighted by atomic mass is 32.1. The number of benzene rings is 2. The van der Waals surface area contributed by atoms with Crippen LogP contribution in [0.5, 0.6) is 11.5 Å². The average molecular weight is 412 g/mol. The van der Waals surface area contributed by atoms with Gasteiger partial charge in [-0.2, -0.15) is 4.68 Å². The molecule has 1 aliphatic heterocycles. The van der Waals surface area contributed by atoms with Crippen molar-refractivity contribution in [1.29, 1.82) is 0 Å². The van der Waals surface area contributed by atoms with Crippen LogP contribution in [0.2, 0.25) is 0 Å². The number of nitrogens with one attached hydrogen (secondary N) is 1. The summed E-state index contributed by atoms with van der Waals surface area (Å²) in [5.41, 5.74) is 1.94. The van der Waals surface area contributed by atoms with E-state index in [1.165, 1.54) is 37.3 Å². The second-order valence-electron chi connectivity index (χ2n) is 7.32. The highest BCUT2D eigenvalue weighted by Crippen LogP contribution is 2.32. The van der Waals surface area contributed by atoms with Gasteiger partial charge in [-0.25, -0.2) is 0 Å². The summed E-state index contributed by atoms with van der Waals surface area (Å²) < 4.78 is 15.6. The first-order valence-corrected chi connectivity index (χ1v) is 10.4. The summed E-state index contributed by atoms with van der Waals surface area (Å²) in [5, 5.41) is 4.94. The second-order valence-corrected chi connectivity index (χ2v) is 7.68. The lowest BCUT2D eigenvalue weighted by Gasteiger charge is -2.22. The van der Waals surface area contributed by atoms with Crippen molar-refractivity contribution in [3.05, 3.63) is 53.3 Å². The topological polar surface area (TPSA) is 45.7 Å². The molecule has 0 unspecified atom stereocenters. The Bertz CT molecular complexity index is 1020. The summed E-state index contributed by atoms with van der Waals surface area (Å²) >= 11 is 5.87. The van der Waals surface area contributed by atoms with Crippen LogP contribution in [-0.4, -0.2) is 41.7 Å². The number of para-hydroxylation sites is 1. The summed E-state index contributed by atoms with van der Waals surface area (Å²) in [6.07, 6.45) is 3.86. The molecule has 1 aliphatic rings. The van der Waals surface area contributed by atoms with Crippen LogP contribution in [-0.2, 0) is 6.67 Å². The zero-order valence-electron chi connectivity index (χ0n) is 16.9. The number of quaternary nitrogens is 1. The highest BCUT2D eigenvalue weighted by molar-refractivity contribution is 7.71. The fourth-order valence-electron chi connectivity index (χ4n) is 3.90. The van der Waals surface area contributed by atoms with E-state index in [1.54, 1.807) is 14.2 Å². The third-order valence-corrected chi connectivity index (χ3v) is 5.82. The maximum absolute atomic E-state index is 5.87. The molecule has 7 heteroatoms. The van der Waals surface area contributed by atoms with Gasteiger partial charge in [-0.15, -0.1) is 5.10 Å². The van der Waals surface area contributed by atoms with Gasteiger partial charge in [0.2, 0.25) is 4.77 Å². The first-order chi connectivity index (χ1) is 14.2. The molecule has 2 aromatic carbocycles. The molecule has 4 rings (SSSR count). The zero-order chi connectivity index (χ0) is 20.2. The van der Waals surface area contributed by atoms with Crippen LogP contribution in [0.4, 0.5) is 0 Å². The SMILES string of the molecule is COc1ccc(-c2nn(C[NH+]3CCCCC3)c(=S)n2-c2ccccc2)cc1OC. The fraction of sp³-hybridized carbons (Fsp3) is 0.364. The van der Waals surface area contributed by atoms with Crippen LogP contribution < -0.4 is 14.4 Å². The van der Waals surface area contributed by atoms with Crippen molar-refractivity contribution in [3.8, 4) is 28.6 Å². The molecule has 0 saturated carbocycles. The van der Waals surface area contributed by atoms with Crippen LogP contribution in [0, 0.1) is 4.77 Å². The number of aromatic nitrogens is 3. The minimum Gasteiger partial charge on any atom is -0.493 e. The third kappa shape index (κ3) is 4.06. The van der Waals surface area contributed by atoms with Gasteiger partial charge >= 0.3 is 0 Å². The summed E-state index contributed by atoms with van der Waals surface area (Å²) in [7, 11) is 3.28. The highest BCUT2D eigenvalue weighted by Gasteiger charge is 2.20. The Kier molecular flexibility index (Phi) is 5.97. The van der Waals surface area contributed by atoms with Crippen molar-refractivity contribution < 1.29 is 14.4 Å². The Morgan fingerprint density at radius 3 is 2.38 bits per heavy atom. The van der Waals surface area contributed by atoms with E-state index in [9.17, 15) is 0 Å². The Morgan fingerprint density at radius 1 is 0.966 bits per heavy atom. The number of piperidine rings is 1. The van der Waals surface area contributed by atoms with E-state index < -0.39 is 0 Å². The molecule has 1 saturated heterocycles. The number of hydrogen-bond donors (Lipinski definition) is 1. The van der Waals surface area contributed by atoms with Gasteiger partial charge in [0.15, 0.2) is 24.0 Å². The van der Waals surface area contributed by atoms with Crippen LogP contribution in [0.1, 0.15) is 19.3 Å². The normalized spacial score (nSPS) is 14.7. The molecule has 1 fully saturated rings. The van der Waals surface area contributed by atoms with E-state index >= 15 is 0 Å². The van der Waals surface area contributed by atoms with Gasteiger partial charge in [0.05, 0.1) is 27.3 Å². The predicted octanol–water partition coefficient (Wildman–Crippen LogP) is 3.11. The molecule has 29 heavy (non-hydrogen) atoms. The van der Waals surface area contributed by atoms with Gasteiger partial charge in [0.25, 0.3) is 0 Å². The third-order valence-electron chi connectivity index (χ3n) is 5.43. The van der Waals surface area contributed by atoms with Crippen molar-refractivity contribution in [2.45, 2.75) is 25.9 Å². The molecule has 0 spiro atoms. The van der Waals surface area contributed by atoms with E-state index in [0.717, 1.165) is 23.7 Å². The molecule has 0 radical (unpaired) electrons. The summed E-state index contributed by atoms with van der Waals surface area (Å²) in [5.74, 6) is 2.17. The van der Waals surface area contributed by atoms with Crippen molar-refractivity contribution in [1.82, 2.24) is 14.3 Å². The lowest BCUT2D eigenvalue weighted by Crippen LogP contribution is -3.12. The number of methoxy groups -OCH3 is 2. The van der Waals surface area contributed by atoms with Crippen molar-refractivity contribution in [3.63, 3.8) is 0 Å². The van der Waals surface area contributed by atoms with Crippen LogP contribution in [0.15, 0.2) is 48.5 Å². The first-order valence-electron chi connectivity index (χ1n) is 10.0. The number of nitrogens with zero attached hydrogens (tertiary/aromatic N) is 3. The lowest BCUT2D eigenvalue weighted by atomic mass is 10.1. The van der Waals surface area contributed by atoms with E-state index in [-0.39, 0.29) is 0 Å². The summed E-state index contributed by atoms with van der Waals surface area (Å²) in [6, 6.07) is 16.0. The summed E-state index contributed by atoms with van der Waals surface area (Å²) in [4.78, 5) is 1.53. The quantitative estimate of drug-likeness (QED) is 0.633. The van der Waals surface area contributed by atoms with Crippen LogP contribution >= 0.6 is 12.2 Å². The number of likely N-dealkylation sites (tertiary alicyclic amines) is 1. The smallest absolute Gasteiger partial charge is 0.207 e. The first kappa shape index (κ1) is 19.7. The van der Waals surface area contributed by atoms with Gasteiger partial charge in [-0.05, 0) is 61.8 Å². The largest absolute Gasteiger partial charge is 0.493 e. The monoisotopic (exact) mass is 411 g/mol. The maximum atomic E-state index is 5.87. The Morgan fingerprint density at radius 2 is 1.69 bits per heavy atom. The molecule has 2 heterocycles. The molecule has 152 valence electrons. The molecule has 6 nitrogen and oxygen atoms in total. The predicted molar refractivity (Wildman–Crippen MR) is 115 cm³/mol. The maximum Gasteiger partial charge on any atom is 0.207 e. The van der Waals surface area contributed by atoms with Gasteiger partial charge in [0.1, 0.15) is 0 Å². The minimum atomic E-state index is 0.673. The Hall–Kier alpha value is -2.64. The lowest BCUT2D eigenvalue weighted by molar-refractivity contribution is -0.928. The van der Waals surface area contributed by atoms with Gasteiger partial charge < -0.3 is 14.4 Å². The molecule has 0 atom stereocenters. The van der Waals surface area contributed by atoms with Crippen molar-refractivity contribution in [2.75, 3.05) is 27.3 Å². The number of ether oxygens (including phenoxy) is 2. The number of rotatable bonds is 6. The van der Waals surface area contributed by atoms with Crippen LogP contribution in [0.3, 0.4) is 0 Å². The van der Waals surface area contributed by atoms with Gasteiger partial charge in [-0.3, -0.25) is 4.57 Å². The van der Waals surface area contributed by atoms with Crippen LogP contribution in [0.25, 0.3) is 17.1 Å². The average Bonchev–Trinajstić information content (AvgIpc) is 3.10. The van der Waals surface area contributed by atoms with E-state index in [1.807, 2.05) is 45.6 Å². The minimum absolute atomic E-state index is 0.673. The fourth-order valence-corrected chi connectivity index (χ4v) is 4.20. The molecule has 1 N–H and O–H groups in total. The van der Waals surface area contributed by atoms with Crippen molar-refractivity contribution in [2.24, 2.45) is 0 Å². The van der Waals surface area contributed by atoms with E-state index in [2.05, 4.69) is 12.1 Å². The standard InChI is InChI=1S/C22H26N4O2S/c1-27-19-12-11-17(15-20(19)28-2)21-23-25(16-24-13-7-4-8-14-24)22(29)26(21)18-9-5-3-6-10-18/h3,5-6,9-12,15H,4,7-8,13-14,16H2,1-2H3/p+1. The molecular weight excluding hydrogens is 384 g/mol. The molecule has 1 aromatic heterocycles. The van der Waals surface area contributed by atoms with E-state index in [4.69, 9.17) is 26.8 Å². The molecule has 0 bridgehead atoms. The molecule has 0 amide bonds. The Balaban J connectivity index is 1.81. The Labute approximate surface area is 176 Å². The molecular formula is C22H27N4O2S+. The summed E-state index contributed by atoms with van der Waals surface area (Å²) in [6.45, 7) is 3.14. The zero-order valence-corrected chi connectivity index (χ0v) is 17.7. The van der Waals surface area contributed by atoms with E-state index in [0.29, 0.717) is 16.3 Å². The number of hydrogen-bond acceptors (Lipinski definition) is 4. The second kappa shape index (κ2) is 8.80. The van der Waals surface area contributed by atoms with Gasteiger partial charge in [0, 0.05) is 11.3 Å².